The van der Waals surface area contributed by atoms with E-state index < -0.39 is 0 Å². The van der Waals surface area contributed by atoms with Crippen molar-refractivity contribution in [1.29, 1.82) is 0 Å². The van der Waals surface area contributed by atoms with Crippen molar-refractivity contribution in [1.82, 2.24) is 5.32 Å². The van der Waals surface area contributed by atoms with Crippen LogP contribution in [0.15, 0.2) is 24.3 Å². The van der Waals surface area contributed by atoms with Gasteiger partial charge in [0, 0.05) is 24.0 Å². The summed E-state index contributed by atoms with van der Waals surface area (Å²) in [6.07, 6.45) is 1.35. The molecular weight excluding hydrogens is 250 g/mol. The molecule has 100 valence electrons. The van der Waals surface area contributed by atoms with Crippen LogP contribution in [0.2, 0.25) is 5.02 Å². The third kappa shape index (κ3) is 5.52. The topological polar surface area (TPSA) is 38.3 Å². The van der Waals surface area contributed by atoms with E-state index in [4.69, 9.17) is 16.3 Å². The fourth-order valence-corrected chi connectivity index (χ4v) is 1.61. The van der Waals surface area contributed by atoms with E-state index in [1.807, 2.05) is 24.3 Å². The van der Waals surface area contributed by atoms with Gasteiger partial charge >= 0.3 is 5.97 Å². The van der Waals surface area contributed by atoms with Crippen molar-refractivity contribution in [3.8, 4) is 0 Å². The van der Waals surface area contributed by atoms with Gasteiger partial charge in [-0.3, -0.25) is 4.79 Å². The molecule has 1 atom stereocenters. The van der Waals surface area contributed by atoms with Gasteiger partial charge in [0.2, 0.25) is 0 Å². The Labute approximate surface area is 113 Å². The van der Waals surface area contributed by atoms with Crippen molar-refractivity contribution < 1.29 is 9.53 Å². The van der Waals surface area contributed by atoms with E-state index in [9.17, 15) is 4.79 Å². The number of carbonyl (C=O) groups excluding carboxylic acids is 1. The summed E-state index contributed by atoms with van der Waals surface area (Å²) in [6, 6.07) is 7.91. The number of esters is 1. The second-order valence-corrected chi connectivity index (χ2v) is 4.59. The Morgan fingerprint density at radius 1 is 1.33 bits per heavy atom. The van der Waals surface area contributed by atoms with Crippen LogP contribution in [-0.4, -0.2) is 18.6 Å². The van der Waals surface area contributed by atoms with Crippen LogP contribution in [0.5, 0.6) is 0 Å². The van der Waals surface area contributed by atoms with E-state index in [1.165, 1.54) is 5.56 Å². The second-order valence-electron chi connectivity index (χ2n) is 4.15. The summed E-state index contributed by atoms with van der Waals surface area (Å²) in [6.45, 7) is 5.04. The lowest BCUT2D eigenvalue weighted by Crippen LogP contribution is -2.33. The Morgan fingerprint density at radius 2 is 2.00 bits per heavy atom. The quantitative estimate of drug-likeness (QED) is 0.773. The van der Waals surface area contributed by atoms with E-state index >= 15 is 0 Å². The van der Waals surface area contributed by atoms with Gasteiger partial charge in [-0.15, -0.1) is 0 Å². The molecule has 1 N–H and O–H groups in total. The average molecular weight is 270 g/mol. The third-order valence-corrected chi connectivity index (χ3v) is 2.99. The highest BCUT2D eigenvalue weighted by Gasteiger charge is 2.08. The molecule has 1 unspecified atom stereocenters. The molecule has 0 radical (unpaired) electrons. The van der Waals surface area contributed by atoms with Gasteiger partial charge in [-0.2, -0.15) is 0 Å². The van der Waals surface area contributed by atoms with Crippen LogP contribution >= 0.6 is 11.6 Å². The largest absolute Gasteiger partial charge is 0.464 e. The molecule has 0 heterocycles. The SMILES string of the molecule is CCC(=O)OCC(CC)NCc1ccc(Cl)cc1. The van der Waals surface area contributed by atoms with Crippen LogP contribution in [0.1, 0.15) is 32.3 Å². The molecule has 0 aliphatic heterocycles. The maximum Gasteiger partial charge on any atom is 0.305 e. The Balaban J connectivity index is 2.34. The highest BCUT2D eigenvalue weighted by molar-refractivity contribution is 6.30. The van der Waals surface area contributed by atoms with Crippen molar-refractivity contribution in [2.75, 3.05) is 6.61 Å². The summed E-state index contributed by atoms with van der Waals surface area (Å²) in [4.78, 5) is 11.1. The average Bonchev–Trinajstić information content (AvgIpc) is 2.40. The summed E-state index contributed by atoms with van der Waals surface area (Å²) >= 11 is 5.82. The number of nitrogens with one attached hydrogen (secondary N) is 1. The van der Waals surface area contributed by atoms with Crippen LogP contribution in [0.4, 0.5) is 0 Å². The maximum absolute atomic E-state index is 11.1. The molecule has 4 heteroatoms. The van der Waals surface area contributed by atoms with Gasteiger partial charge in [-0.25, -0.2) is 0 Å². The number of hydrogen-bond acceptors (Lipinski definition) is 3. The van der Waals surface area contributed by atoms with E-state index in [0.29, 0.717) is 13.0 Å². The highest BCUT2D eigenvalue weighted by Crippen LogP contribution is 2.09. The summed E-state index contributed by atoms with van der Waals surface area (Å²) in [5.74, 6) is -0.151. The molecule has 1 aromatic carbocycles. The minimum absolute atomic E-state index is 0.151. The predicted molar refractivity (Wildman–Crippen MR) is 73.6 cm³/mol. The fourth-order valence-electron chi connectivity index (χ4n) is 1.48. The molecule has 18 heavy (non-hydrogen) atoms. The summed E-state index contributed by atoms with van der Waals surface area (Å²) in [7, 11) is 0. The van der Waals surface area contributed by atoms with E-state index in [0.717, 1.165) is 18.0 Å². The van der Waals surface area contributed by atoms with Gasteiger partial charge in [0.05, 0.1) is 0 Å². The molecule has 0 aliphatic rings. The first-order valence-electron chi connectivity index (χ1n) is 6.29. The van der Waals surface area contributed by atoms with E-state index in [1.54, 1.807) is 6.92 Å². The van der Waals surface area contributed by atoms with Crippen molar-refractivity contribution in [2.24, 2.45) is 0 Å². The standard InChI is InChI=1S/C14H20ClNO2/c1-3-13(10-18-14(17)4-2)16-9-11-5-7-12(15)8-6-11/h5-8,13,16H,3-4,9-10H2,1-2H3. The number of rotatable bonds is 7. The zero-order valence-corrected chi connectivity index (χ0v) is 11.7. The molecule has 1 aromatic rings. The van der Waals surface area contributed by atoms with Crippen molar-refractivity contribution in [2.45, 2.75) is 39.3 Å². The molecule has 0 saturated carbocycles. The van der Waals surface area contributed by atoms with Gasteiger partial charge in [0.15, 0.2) is 0 Å². The summed E-state index contributed by atoms with van der Waals surface area (Å²) in [5.41, 5.74) is 1.17. The zero-order valence-electron chi connectivity index (χ0n) is 10.9. The molecule has 0 bridgehead atoms. The normalized spacial score (nSPS) is 12.2. The Morgan fingerprint density at radius 3 is 2.56 bits per heavy atom. The summed E-state index contributed by atoms with van der Waals surface area (Å²) in [5, 5.41) is 4.10. The van der Waals surface area contributed by atoms with Gasteiger partial charge in [-0.05, 0) is 24.1 Å². The van der Waals surface area contributed by atoms with Gasteiger partial charge in [0.25, 0.3) is 0 Å². The molecule has 0 fully saturated rings. The first-order chi connectivity index (χ1) is 8.65. The van der Waals surface area contributed by atoms with Crippen LogP contribution < -0.4 is 5.32 Å². The van der Waals surface area contributed by atoms with Crippen molar-refractivity contribution in [3.05, 3.63) is 34.9 Å². The third-order valence-electron chi connectivity index (χ3n) is 2.74. The Kier molecular flexibility index (Phi) is 6.76. The lowest BCUT2D eigenvalue weighted by atomic mass is 10.2. The van der Waals surface area contributed by atoms with Crippen LogP contribution in [0.3, 0.4) is 0 Å². The second kappa shape index (κ2) is 8.11. The highest BCUT2D eigenvalue weighted by atomic mass is 35.5. The van der Waals surface area contributed by atoms with Gasteiger partial charge in [-0.1, -0.05) is 37.6 Å². The minimum atomic E-state index is -0.151. The maximum atomic E-state index is 11.1. The monoisotopic (exact) mass is 269 g/mol. The number of halogens is 1. The fraction of sp³-hybridized carbons (Fsp3) is 0.500. The lowest BCUT2D eigenvalue weighted by Gasteiger charge is -2.17. The first-order valence-corrected chi connectivity index (χ1v) is 6.67. The minimum Gasteiger partial charge on any atom is -0.464 e. The number of ether oxygens (including phenoxy) is 1. The summed E-state index contributed by atoms with van der Waals surface area (Å²) < 4.78 is 5.13. The molecule has 0 amide bonds. The number of benzene rings is 1. The van der Waals surface area contributed by atoms with Crippen molar-refractivity contribution >= 4 is 17.6 Å². The lowest BCUT2D eigenvalue weighted by molar-refractivity contribution is -0.144. The first kappa shape index (κ1) is 15.0. The van der Waals surface area contributed by atoms with Crippen LogP contribution in [0.25, 0.3) is 0 Å². The van der Waals surface area contributed by atoms with E-state index in [2.05, 4.69) is 12.2 Å². The molecule has 3 nitrogen and oxygen atoms in total. The molecule has 0 aromatic heterocycles. The van der Waals surface area contributed by atoms with Crippen molar-refractivity contribution in [3.63, 3.8) is 0 Å². The molecule has 0 saturated heterocycles. The Bertz CT molecular complexity index is 365. The molecule has 0 aliphatic carbocycles. The van der Waals surface area contributed by atoms with Gasteiger partial charge in [0.1, 0.15) is 6.61 Å². The molecular formula is C14H20ClNO2. The number of hydrogen-bond donors (Lipinski definition) is 1. The van der Waals surface area contributed by atoms with Crippen LogP contribution in [0, 0.1) is 0 Å². The van der Waals surface area contributed by atoms with E-state index in [-0.39, 0.29) is 12.0 Å². The van der Waals surface area contributed by atoms with Gasteiger partial charge < -0.3 is 10.1 Å². The molecule has 1 rings (SSSR count). The number of carbonyl (C=O) groups is 1. The predicted octanol–water partition coefficient (Wildman–Crippen LogP) is 3.16. The smallest absolute Gasteiger partial charge is 0.305 e. The Hall–Kier alpha value is -1.06. The zero-order chi connectivity index (χ0) is 13.4. The van der Waals surface area contributed by atoms with Crippen LogP contribution in [-0.2, 0) is 16.1 Å². The molecule has 0 spiro atoms.